The molecule has 0 aromatic carbocycles. The van der Waals surface area contributed by atoms with Crippen LogP contribution in [0.3, 0.4) is 0 Å². The van der Waals surface area contributed by atoms with Crippen LogP contribution in [0, 0.1) is 5.92 Å². The first-order valence-corrected chi connectivity index (χ1v) is 7.89. The molecule has 0 saturated carbocycles. The van der Waals surface area contributed by atoms with E-state index in [0.29, 0.717) is 25.9 Å². The van der Waals surface area contributed by atoms with Gasteiger partial charge in [-0.3, -0.25) is 9.78 Å². The van der Waals surface area contributed by atoms with Gasteiger partial charge in [0, 0.05) is 44.4 Å². The van der Waals surface area contributed by atoms with E-state index in [1.165, 1.54) is 0 Å². The Hall–Kier alpha value is -1.90. The van der Waals surface area contributed by atoms with Crippen molar-refractivity contribution >= 4 is 11.7 Å². The van der Waals surface area contributed by atoms with E-state index in [1.54, 1.807) is 18.6 Å². The van der Waals surface area contributed by atoms with Crippen LogP contribution in [0.15, 0.2) is 18.6 Å². The van der Waals surface area contributed by atoms with Crippen LogP contribution >= 0.6 is 0 Å². The van der Waals surface area contributed by atoms with E-state index in [-0.39, 0.29) is 18.4 Å². The third kappa shape index (κ3) is 3.17. The molecule has 0 spiro atoms. The second-order valence-electron chi connectivity index (χ2n) is 6.36. The summed E-state index contributed by atoms with van der Waals surface area (Å²) in [5.41, 5.74) is -2.77. The highest BCUT2D eigenvalue weighted by molar-refractivity contribution is 5.79. The number of β-amino-alcohol motifs (C(OH)–C–C–N with tert-alkyl or cyclic N) is 1. The van der Waals surface area contributed by atoms with Crippen LogP contribution in [0.2, 0.25) is 0 Å². The van der Waals surface area contributed by atoms with Crippen molar-refractivity contribution in [1.29, 1.82) is 0 Å². The maximum atomic E-state index is 12.9. The predicted molar refractivity (Wildman–Crippen MR) is 79.2 cm³/mol. The number of likely N-dealkylation sites (tertiary alicyclic amines) is 1. The van der Waals surface area contributed by atoms with Crippen LogP contribution in [0.25, 0.3) is 0 Å². The molecule has 3 heterocycles. The fourth-order valence-electron chi connectivity index (χ4n) is 3.28. The summed E-state index contributed by atoms with van der Waals surface area (Å²) in [6.07, 6.45) is 0.751. The van der Waals surface area contributed by atoms with Crippen molar-refractivity contribution in [2.75, 3.05) is 31.1 Å². The van der Waals surface area contributed by atoms with Crippen LogP contribution < -0.4 is 4.90 Å². The highest BCUT2D eigenvalue weighted by Gasteiger charge is 2.58. The van der Waals surface area contributed by atoms with E-state index in [9.17, 15) is 23.1 Å². The third-order valence-corrected chi connectivity index (χ3v) is 4.80. The van der Waals surface area contributed by atoms with Gasteiger partial charge in [-0.2, -0.15) is 13.2 Å². The Balaban J connectivity index is 1.57. The smallest absolute Gasteiger partial charge is 0.379 e. The Morgan fingerprint density at radius 3 is 2.50 bits per heavy atom. The Kier molecular flexibility index (Phi) is 4.37. The van der Waals surface area contributed by atoms with Crippen LogP contribution in [-0.2, 0) is 4.79 Å². The number of halogens is 3. The maximum absolute atomic E-state index is 12.9. The lowest BCUT2D eigenvalue weighted by Crippen LogP contribution is -2.49. The number of carbonyl (C=O) groups is 1. The number of alkyl halides is 3. The quantitative estimate of drug-likeness (QED) is 0.874. The molecule has 6 nitrogen and oxygen atoms in total. The third-order valence-electron chi connectivity index (χ3n) is 4.80. The lowest BCUT2D eigenvalue weighted by Gasteiger charge is -2.34. The Morgan fingerprint density at radius 1 is 1.25 bits per heavy atom. The fourth-order valence-corrected chi connectivity index (χ4v) is 3.28. The van der Waals surface area contributed by atoms with Gasteiger partial charge in [-0.15, -0.1) is 0 Å². The van der Waals surface area contributed by atoms with E-state index in [2.05, 4.69) is 9.97 Å². The number of carbonyl (C=O) groups excluding carboxylic acids is 1. The van der Waals surface area contributed by atoms with Gasteiger partial charge in [-0.25, -0.2) is 4.98 Å². The molecule has 24 heavy (non-hydrogen) atoms. The number of nitrogens with zero attached hydrogens (tertiary/aromatic N) is 4. The molecule has 2 fully saturated rings. The molecule has 132 valence electrons. The summed E-state index contributed by atoms with van der Waals surface area (Å²) in [7, 11) is 0. The molecule has 1 aromatic rings. The van der Waals surface area contributed by atoms with Crippen LogP contribution in [-0.4, -0.2) is 63.8 Å². The molecule has 1 amide bonds. The van der Waals surface area contributed by atoms with Crippen molar-refractivity contribution in [2.24, 2.45) is 5.92 Å². The van der Waals surface area contributed by atoms with Gasteiger partial charge in [0.15, 0.2) is 5.60 Å². The van der Waals surface area contributed by atoms with Crippen molar-refractivity contribution in [3.63, 3.8) is 0 Å². The van der Waals surface area contributed by atoms with Crippen LogP contribution in [0.1, 0.15) is 19.3 Å². The lowest BCUT2D eigenvalue weighted by atomic mass is 9.95. The first-order chi connectivity index (χ1) is 11.3. The highest BCUT2D eigenvalue weighted by Crippen LogP contribution is 2.38. The average molecular weight is 344 g/mol. The van der Waals surface area contributed by atoms with Gasteiger partial charge in [-0.1, -0.05) is 0 Å². The van der Waals surface area contributed by atoms with Crippen LogP contribution in [0.5, 0.6) is 0 Å². The zero-order valence-electron chi connectivity index (χ0n) is 13.0. The van der Waals surface area contributed by atoms with Gasteiger partial charge in [0.1, 0.15) is 5.82 Å². The summed E-state index contributed by atoms with van der Waals surface area (Å²) >= 11 is 0. The van der Waals surface area contributed by atoms with Gasteiger partial charge in [0.25, 0.3) is 0 Å². The molecule has 0 bridgehead atoms. The first kappa shape index (κ1) is 16.9. The largest absolute Gasteiger partial charge is 0.419 e. The van der Waals surface area contributed by atoms with Gasteiger partial charge < -0.3 is 14.9 Å². The number of rotatable bonds is 2. The number of hydrogen-bond acceptors (Lipinski definition) is 5. The molecule has 1 atom stereocenters. The number of aliphatic hydroxyl groups is 1. The average Bonchev–Trinajstić information content (AvgIpc) is 2.99. The summed E-state index contributed by atoms with van der Waals surface area (Å²) in [5, 5.41) is 9.69. The van der Waals surface area contributed by atoms with E-state index in [1.807, 2.05) is 4.90 Å². The van der Waals surface area contributed by atoms with E-state index >= 15 is 0 Å². The predicted octanol–water partition coefficient (Wildman–Crippen LogP) is 1.22. The number of aromatic nitrogens is 2. The van der Waals surface area contributed by atoms with Crippen molar-refractivity contribution in [3.05, 3.63) is 18.6 Å². The van der Waals surface area contributed by atoms with E-state index in [4.69, 9.17) is 0 Å². The molecule has 1 N–H and O–H groups in total. The van der Waals surface area contributed by atoms with Crippen molar-refractivity contribution in [3.8, 4) is 0 Å². The van der Waals surface area contributed by atoms with E-state index < -0.39 is 24.7 Å². The summed E-state index contributed by atoms with van der Waals surface area (Å²) in [6.45, 7) is 0.484. The number of anilines is 1. The van der Waals surface area contributed by atoms with Crippen molar-refractivity contribution < 1.29 is 23.1 Å². The summed E-state index contributed by atoms with van der Waals surface area (Å²) in [6, 6.07) is 0. The maximum Gasteiger partial charge on any atom is 0.419 e. The standard InChI is InChI=1S/C15H19F3N4O2/c16-15(17,18)14(24)3-8-22(10-14)13(23)11-1-6-21(7-2-11)12-9-19-4-5-20-12/h4-5,9,11,24H,1-3,6-8,10H2/t14-/m0/s1. The molecular weight excluding hydrogens is 325 g/mol. The minimum atomic E-state index is -4.71. The lowest BCUT2D eigenvalue weighted by molar-refractivity contribution is -0.253. The molecule has 3 rings (SSSR count). The molecule has 2 saturated heterocycles. The normalized spacial score (nSPS) is 26.0. The van der Waals surface area contributed by atoms with Crippen LogP contribution in [0.4, 0.5) is 19.0 Å². The highest BCUT2D eigenvalue weighted by atomic mass is 19.4. The summed E-state index contributed by atoms with van der Waals surface area (Å²) < 4.78 is 38.6. The second-order valence-corrected chi connectivity index (χ2v) is 6.36. The van der Waals surface area contributed by atoms with Gasteiger partial charge >= 0.3 is 6.18 Å². The van der Waals surface area contributed by atoms with Gasteiger partial charge in [0.05, 0.1) is 12.7 Å². The SMILES string of the molecule is O=C(C1CCN(c2cnccn2)CC1)N1CC[C@@](O)(C(F)(F)F)C1. The Labute approximate surface area is 137 Å². The number of amides is 1. The van der Waals surface area contributed by atoms with Gasteiger partial charge in [0.2, 0.25) is 5.91 Å². The minimum absolute atomic E-state index is 0.0563. The molecule has 1 aromatic heterocycles. The molecule has 2 aliphatic rings. The number of hydrogen-bond donors (Lipinski definition) is 1. The topological polar surface area (TPSA) is 69.6 Å². The molecular formula is C15H19F3N4O2. The van der Waals surface area contributed by atoms with Crippen molar-refractivity contribution in [2.45, 2.75) is 31.0 Å². The summed E-state index contributed by atoms with van der Waals surface area (Å²) in [4.78, 5) is 23.8. The van der Waals surface area contributed by atoms with Crippen molar-refractivity contribution in [1.82, 2.24) is 14.9 Å². The minimum Gasteiger partial charge on any atom is -0.379 e. The van der Waals surface area contributed by atoms with E-state index in [0.717, 1.165) is 10.7 Å². The van der Waals surface area contributed by atoms with Gasteiger partial charge in [-0.05, 0) is 12.8 Å². The molecule has 0 aliphatic carbocycles. The second kappa shape index (κ2) is 6.19. The molecule has 9 heteroatoms. The Morgan fingerprint density at radius 2 is 1.96 bits per heavy atom. The molecule has 0 unspecified atom stereocenters. The first-order valence-electron chi connectivity index (χ1n) is 7.89. The monoisotopic (exact) mass is 344 g/mol. The number of piperidine rings is 1. The zero-order chi connectivity index (χ0) is 17.4. The Bertz CT molecular complexity index is 590. The zero-order valence-corrected chi connectivity index (χ0v) is 13.0. The summed E-state index contributed by atoms with van der Waals surface area (Å²) in [5.74, 6) is 0.124. The fraction of sp³-hybridized carbons (Fsp3) is 0.667. The molecule has 2 aliphatic heterocycles. The molecule has 0 radical (unpaired) electrons.